The van der Waals surface area contributed by atoms with E-state index in [1.165, 1.54) is 4.90 Å². The largest absolute Gasteiger partial charge is 0.293 e. The van der Waals surface area contributed by atoms with Crippen molar-refractivity contribution in [1.29, 1.82) is 0 Å². The molecule has 9 heteroatoms. The van der Waals surface area contributed by atoms with Crippen LogP contribution in [0, 0.1) is 0 Å². The fraction of sp³-hybridized carbons (Fsp3) is 0.0714. The van der Waals surface area contributed by atoms with Crippen LogP contribution >= 0.6 is 62.2 Å². The second-order valence-corrected chi connectivity index (χ2v) is 8.40. The number of thiazole rings is 1. The van der Waals surface area contributed by atoms with E-state index in [4.69, 9.17) is 23.2 Å². The molecule has 23 heavy (non-hydrogen) atoms. The van der Waals surface area contributed by atoms with Gasteiger partial charge in [-0.2, -0.15) is 0 Å². The summed E-state index contributed by atoms with van der Waals surface area (Å²) < 4.78 is 1.22. The van der Waals surface area contributed by atoms with Crippen LogP contribution in [0.5, 0.6) is 0 Å². The summed E-state index contributed by atoms with van der Waals surface area (Å²) in [6.07, 6.45) is 1.55. The van der Waals surface area contributed by atoms with Crippen LogP contribution in [0.2, 0.25) is 9.62 Å². The molecular formula is C14H7BrCl2N2O2S2. The van der Waals surface area contributed by atoms with Crippen molar-refractivity contribution in [3.8, 4) is 0 Å². The number of aromatic nitrogens is 1. The molecule has 3 rings (SSSR count). The summed E-state index contributed by atoms with van der Waals surface area (Å²) in [4.78, 5) is 30.5. The number of halogens is 3. The standard InChI is InChI=1S/C14H7BrCl2N2O2S2/c15-8-3-1-7(2-4-8)6-19-12(20)10(23-14(19)21)5-9-11(16)18-13(17)22-9/h1-5H,6H2/b10-5-. The van der Waals surface area contributed by atoms with E-state index in [2.05, 4.69) is 20.9 Å². The molecule has 2 amide bonds. The van der Waals surface area contributed by atoms with E-state index in [9.17, 15) is 9.59 Å². The molecule has 0 bridgehead atoms. The van der Waals surface area contributed by atoms with Gasteiger partial charge in [-0.05, 0) is 35.5 Å². The molecule has 1 aliphatic rings. The third-order valence-corrected chi connectivity index (χ3v) is 5.92. The summed E-state index contributed by atoms with van der Waals surface area (Å²) in [5.74, 6) is -0.344. The number of rotatable bonds is 3. The van der Waals surface area contributed by atoms with Crippen molar-refractivity contribution in [2.45, 2.75) is 6.54 Å². The second kappa shape index (κ2) is 6.94. The Kier molecular flexibility index (Phi) is 5.13. The highest BCUT2D eigenvalue weighted by atomic mass is 79.9. The molecule has 1 aromatic heterocycles. The molecule has 1 fully saturated rings. The minimum Gasteiger partial charge on any atom is -0.268 e. The van der Waals surface area contributed by atoms with Crippen LogP contribution in [0.15, 0.2) is 33.6 Å². The number of nitrogens with zero attached hydrogens (tertiary/aromatic N) is 2. The smallest absolute Gasteiger partial charge is 0.268 e. The van der Waals surface area contributed by atoms with Crippen molar-refractivity contribution in [2.24, 2.45) is 0 Å². The predicted molar refractivity (Wildman–Crippen MR) is 97.8 cm³/mol. The first-order valence-electron chi connectivity index (χ1n) is 6.25. The van der Waals surface area contributed by atoms with Crippen molar-refractivity contribution in [2.75, 3.05) is 0 Å². The molecule has 0 spiro atoms. The number of hydrogen-bond donors (Lipinski definition) is 0. The van der Waals surface area contributed by atoms with E-state index in [1.54, 1.807) is 6.08 Å². The first kappa shape index (κ1) is 17.0. The van der Waals surface area contributed by atoms with E-state index >= 15 is 0 Å². The molecule has 0 saturated carbocycles. The van der Waals surface area contributed by atoms with E-state index in [-0.39, 0.29) is 27.3 Å². The highest BCUT2D eigenvalue weighted by Gasteiger charge is 2.35. The first-order valence-corrected chi connectivity index (χ1v) is 9.44. The Hall–Kier alpha value is -0.860. The molecule has 0 radical (unpaired) electrons. The lowest BCUT2D eigenvalue weighted by atomic mass is 10.2. The number of carbonyl (C=O) groups is 2. The van der Waals surface area contributed by atoms with Crippen LogP contribution < -0.4 is 0 Å². The Bertz CT molecular complexity index is 821. The van der Waals surface area contributed by atoms with Gasteiger partial charge >= 0.3 is 0 Å². The molecule has 118 valence electrons. The van der Waals surface area contributed by atoms with E-state index < -0.39 is 0 Å². The molecule has 0 unspecified atom stereocenters. The summed E-state index contributed by atoms with van der Waals surface area (Å²) >= 11 is 17.1. The maximum absolute atomic E-state index is 12.4. The molecule has 4 nitrogen and oxygen atoms in total. The maximum atomic E-state index is 12.4. The summed E-state index contributed by atoms with van der Waals surface area (Å²) in [7, 11) is 0. The van der Waals surface area contributed by atoms with Gasteiger partial charge in [-0.1, -0.05) is 51.3 Å². The number of imide groups is 1. The highest BCUT2D eigenvalue weighted by molar-refractivity contribution is 9.10. The van der Waals surface area contributed by atoms with Crippen LogP contribution in [0.4, 0.5) is 4.79 Å². The van der Waals surface area contributed by atoms with Gasteiger partial charge in [0.2, 0.25) is 0 Å². The van der Waals surface area contributed by atoms with Crippen LogP contribution in [-0.4, -0.2) is 21.0 Å². The highest BCUT2D eigenvalue weighted by Crippen LogP contribution is 2.36. The molecule has 0 aliphatic carbocycles. The van der Waals surface area contributed by atoms with Gasteiger partial charge < -0.3 is 0 Å². The summed E-state index contributed by atoms with van der Waals surface area (Å²) in [6.45, 7) is 0.229. The lowest BCUT2D eigenvalue weighted by Crippen LogP contribution is -2.27. The Morgan fingerprint density at radius 2 is 1.91 bits per heavy atom. The zero-order chi connectivity index (χ0) is 16.6. The summed E-state index contributed by atoms with van der Waals surface area (Å²) in [6, 6.07) is 7.44. The summed E-state index contributed by atoms with van der Waals surface area (Å²) in [5.41, 5.74) is 0.871. The SMILES string of the molecule is O=C1S/C(=C\c2sc(Cl)nc2Cl)C(=O)N1Cc1ccc(Br)cc1. The quantitative estimate of drug-likeness (QED) is 0.584. The minimum absolute atomic E-state index is 0.222. The van der Waals surface area contributed by atoms with Gasteiger partial charge in [-0.25, -0.2) is 4.98 Å². The van der Waals surface area contributed by atoms with Crippen LogP contribution in [0.25, 0.3) is 6.08 Å². The van der Waals surface area contributed by atoms with Crippen molar-refractivity contribution in [1.82, 2.24) is 9.88 Å². The Labute approximate surface area is 158 Å². The maximum Gasteiger partial charge on any atom is 0.293 e. The third-order valence-electron chi connectivity index (χ3n) is 2.97. The lowest BCUT2D eigenvalue weighted by Gasteiger charge is -2.12. The molecule has 1 aromatic carbocycles. The van der Waals surface area contributed by atoms with Crippen LogP contribution in [-0.2, 0) is 11.3 Å². The average molecular weight is 450 g/mol. The second-order valence-electron chi connectivity index (χ2n) is 4.52. The monoisotopic (exact) mass is 448 g/mol. The number of thioether (sulfide) groups is 1. The lowest BCUT2D eigenvalue weighted by molar-refractivity contribution is -0.123. The fourth-order valence-electron chi connectivity index (χ4n) is 1.90. The summed E-state index contributed by atoms with van der Waals surface area (Å²) in [5, 5.41) is -0.0874. The van der Waals surface area contributed by atoms with Gasteiger partial charge in [0.1, 0.15) is 5.15 Å². The zero-order valence-corrected chi connectivity index (χ0v) is 16.0. The van der Waals surface area contributed by atoms with E-state index in [1.807, 2.05) is 24.3 Å². The van der Waals surface area contributed by atoms with Gasteiger partial charge in [0, 0.05) is 4.47 Å². The van der Waals surface area contributed by atoms with Gasteiger partial charge in [-0.15, -0.1) is 11.3 Å². The van der Waals surface area contributed by atoms with Gasteiger partial charge in [0.05, 0.1) is 16.3 Å². The van der Waals surface area contributed by atoms with Crippen LogP contribution in [0.3, 0.4) is 0 Å². The number of hydrogen-bond acceptors (Lipinski definition) is 5. The average Bonchev–Trinajstić information content (AvgIpc) is 2.95. The van der Waals surface area contributed by atoms with Crippen molar-refractivity contribution in [3.63, 3.8) is 0 Å². The molecule has 1 saturated heterocycles. The van der Waals surface area contributed by atoms with Crippen molar-refractivity contribution < 1.29 is 9.59 Å². The van der Waals surface area contributed by atoms with Gasteiger partial charge in [-0.3, -0.25) is 14.5 Å². The molecule has 2 heterocycles. The molecular weight excluding hydrogens is 443 g/mol. The third kappa shape index (κ3) is 3.80. The Balaban J connectivity index is 1.82. The minimum atomic E-state index is -0.344. The topological polar surface area (TPSA) is 50.3 Å². The molecule has 0 atom stereocenters. The number of benzene rings is 1. The number of carbonyl (C=O) groups excluding carboxylic acids is 2. The van der Waals surface area contributed by atoms with Crippen molar-refractivity contribution in [3.05, 3.63) is 53.7 Å². The number of amides is 2. The fourth-order valence-corrected chi connectivity index (χ4v) is 4.37. The normalized spacial score (nSPS) is 16.7. The van der Waals surface area contributed by atoms with Crippen molar-refractivity contribution >= 4 is 79.5 Å². The molecule has 0 N–H and O–H groups in total. The van der Waals surface area contributed by atoms with E-state index in [0.29, 0.717) is 9.78 Å². The van der Waals surface area contributed by atoms with Crippen LogP contribution in [0.1, 0.15) is 10.4 Å². The molecule has 1 aliphatic heterocycles. The van der Waals surface area contributed by atoms with Gasteiger partial charge in [0.15, 0.2) is 4.47 Å². The van der Waals surface area contributed by atoms with Gasteiger partial charge in [0.25, 0.3) is 11.1 Å². The Morgan fingerprint density at radius 3 is 2.52 bits per heavy atom. The Morgan fingerprint density at radius 1 is 1.22 bits per heavy atom. The molecule has 2 aromatic rings. The zero-order valence-electron chi connectivity index (χ0n) is 11.3. The first-order chi connectivity index (χ1) is 10.9. The predicted octanol–water partition coefficient (Wildman–Crippen LogP) is 5.45. The van der Waals surface area contributed by atoms with E-state index in [0.717, 1.165) is 33.1 Å².